The summed E-state index contributed by atoms with van der Waals surface area (Å²) in [4.78, 5) is 0. The summed E-state index contributed by atoms with van der Waals surface area (Å²) in [6.07, 6.45) is 7.50. The van der Waals surface area contributed by atoms with Gasteiger partial charge in [-0.25, -0.2) is 0 Å². The van der Waals surface area contributed by atoms with Gasteiger partial charge in [0, 0.05) is 27.7 Å². The zero-order valence-corrected chi connectivity index (χ0v) is 10.1. The first-order valence-corrected chi connectivity index (χ1v) is 4.02. The van der Waals surface area contributed by atoms with Gasteiger partial charge in [-0.3, -0.25) is 0 Å². The van der Waals surface area contributed by atoms with Gasteiger partial charge in [-0.2, -0.15) is 0 Å². The summed E-state index contributed by atoms with van der Waals surface area (Å²) in [5.41, 5.74) is 0. The number of aliphatic hydroxyl groups excluding tert-OH is 1. The molecule has 0 rings (SSSR count). The predicted octanol–water partition coefficient (Wildman–Crippen LogP) is -0.659. The maximum atomic E-state index is 8.42. The molecule has 0 unspecified atom stereocenters. The Hall–Kier alpha value is 0.938. The van der Waals surface area contributed by atoms with Gasteiger partial charge in [0.2, 0.25) is 0 Å². The van der Waals surface area contributed by atoms with Crippen LogP contribution in [0.25, 0.3) is 0 Å². The second kappa shape index (κ2) is 17.1. The van der Waals surface area contributed by atoms with Crippen LogP contribution in [0.4, 0.5) is 0 Å². The topological polar surface area (TPSA) is 20.2 Å². The molecule has 0 heterocycles. The number of rotatable bonds is 6. The molecule has 1 nitrogen and oxygen atoms in total. The van der Waals surface area contributed by atoms with Gasteiger partial charge in [-0.15, -0.1) is 0 Å². The van der Waals surface area contributed by atoms with E-state index in [0.29, 0.717) is 6.61 Å². The van der Waals surface area contributed by atoms with Crippen molar-refractivity contribution in [3.63, 3.8) is 0 Å². The van der Waals surface area contributed by atoms with Gasteiger partial charge >= 0.3 is 0 Å². The average Bonchev–Trinajstić information content (AvgIpc) is 1.89. The molecule has 0 saturated heterocycles. The second-order valence-electron chi connectivity index (χ2n) is 2.49. The zero-order chi connectivity index (χ0) is 6.95. The van der Waals surface area contributed by atoms with Crippen LogP contribution >= 0.6 is 0 Å². The minimum Gasteiger partial charge on any atom is -1.00 e. The quantitative estimate of drug-likeness (QED) is 0.624. The van der Waals surface area contributed by atoms with Gasteiger partial charge < -0.3 is 17.5 Å². The molecular formula is C8H18ClOPt-. The summed E-state index contributed by atoms with van der Waals surface area (Å²) in [5.74, 6) is 0. The van der Waals surface area contributed by atoms with Crippen molar-refractivity contribution in [3.05, 3.63) is 0 Å². The van der Waals surface area contributed by atoms with Crippen LogP contribution in [0.2, 0.25) is 0 Å². The Morgan fingerprint density at radius 2 is 1.36 bits per heavy atom. The fourth-order valence-electron chi connectivity index (χ4n) is 0.892. The number of aliphatic hydroxyl groups is 1. The minimum absolute atomic E-state index is 0. The average molecular weight is 361 g/mol. The van der Waals surface area contributed by atoms with Crippen LogP contribution in [0.5, 0.6) is 0 Å². The van der Waals surface area contributed by atoms with Crippen LogP contribution in [0, 0.1) is 0 Å². The number of hydrogen-bond acceptors (Lipinski definition) is 1. The third-order valence-electron chi connectivity index (χ3n) is 1.51. The fourth-order valence-corrected chi connectivity index (χ4v) is 0.892. The Kier molecular flexibility index (Phi) is 27.9. The van der Waals surface area contributed by atoms with Gasteiger partial charge in [0.25, 0.3) is 0 Å². The molecule has 0 aromatic rings. The molecular weight excluding hydrogens is 343 g/mol. The second-order valence-corrected chi connectivity index (χ2v) is 2.49. The Bertz CT molecular complexity index is 47.4. The number of halogens is 1. The summed E-state index contributed by atoms with van der Waals surface area (Å²) in [6.45, 7) is 2.58. The van der Waals surface area contributed by atoms with Gasteiger partial charge in [0.1, 0.15) is 0 Å². The van der Waals surface area contributed by atoms with E-state index in [2.05, 4.69) is 6.92 Å². The molecule has 0 fully saturated rings. The Morgan fingerprint density at radius 1 is 0.909 bits per heavy atom. The van der Waals surface area contributed by atoms with Crippen LogP contribution in [-0.2, 0) is 21.1 Å². The van der Waals surface area contributed by atoms with E-state index in [1.807, 2.05) is 0 Å². The predicted molar refractivity (Wildman–Crippen MR) is 40.5 cm³/mol. The third-order valence-corrected chi connectivity index (χ3v) is 1.51. The van der Waals surface area contributed by atoms with Crippen molar-refractivity contribution in [1.29, 1.82) is 0 Å². The van der Waals surface area contributed by atoms with Crippen LogP contribution < -0.4 is 12.4 Å². The largest absolute Gasteiger partial charge is 1.00 e. The molecule has 0 bridgehead atoms. The molecule has 1 N–H and O–H groups in total. The van der Waals surface area contributed by atoms with Crippen LogP contribution in [0.1, 0.15) is 45.4 Å². The molecule has 0 aromatic heterocycles. The summed E-state index contributed by atoms with van der Waals surface area (Å²) in [7, 11) is 0. The molecule has 0 aliphatic heterocycles. The molecule has 3 heteroatoms. The Morgan fingerprint density at radius 3 is 1.82 bits per heavy atom. The number of unbranched alkanes of at least 4 members (excludes halogenated alkanes) is 5. The van der Waals surface area contributed by atoms with Gasteiger partial charge in [0.15, 0.2) is 0 Å². The SMILES string of the molecule is CCCCCCCCO.[Cl-].[Pt]. The van der Waals surface area contributed by atoms with Crippen molar-refractivity contribution in [2.24, 2.45) is 0 Å². The van der Waals surface area contributed by atoms with Crippen molar-refractivity contribution < 1.29 is 38.6 Å². The smallest absolute Gasteiger partial charge is 0.0431 e. The summed E-state index contributed by atoms with van der Waals surface area (Å²) in [6, 6.07) is 0. The Balaban J connectivity index is -0.000000320. The van der Waals surface area contributed by atoms with E-state index < -0.39 is 0 Å². The minimum atomic E-state index is 0. The normalized spacial score (nSPS) is 8.18. The fraction of sp³-hybridized carbons (Fsp3) is 1.00. The van der Waals surface area contributed by atoms with Crippen LogP contribution in [-0.4, -0.2) is 11.7 Å². The first-order valence-electron chi connectivity index (χ1n) is 4.02. The van der Waals surface area contributed by atoms with Gasteiger partial charge in [0.05, 0.1) is 0 Å². The van der Waals surface area contributed by atoms with Gasteiger partial charge in [-0.1, -0.05) is 39.0 Å². The zero-order valence-electron chi connectivity index (χ0n) is 7.09. The first-order chi connectivity index (χ1) is 4.41. The molecule has 74 valence electrons. The molecule has 0 aliphatic rings. The van der Waals surface area contributed by atoms with Crippen molar-refractivity contribution in [1.82, 2.24) is 0 Å². The summed E-state index contributed by atoms with van der Waals surface area (Å²) < 4.78 is 0. The van der Waals surface area contributed by atoms with Crippen molar-refractivity contribution in [2.45, 2.75) is 45.4 Å². The standard InChI is InChI=1S/C8H18O.ClH.Pt/c1-2-3-4-5-6-7-8-9;;/h9H,2-8H2,1H3;1H;/p-1. The van der Waals surface area contributed by atoms with E-state index in [9.17, 15) is 0 Å². The van der Waals surface area contributed by atoms with Crippen LogP contribution in [0.15, 0.2) is 0 Å². The molecule has 0 radical (unpaired) electrons. The van der Waals surface area contributed by atoms with E-state index in [1.165, 1.54) is 32.1 Å². The first kappa shape index (κ1) is 17.9. The molecule has 0 aromatic carbocycles. The molecule has 0 spiro atoms. The van der Waals surface area contributed by atoms with Crippen molar-refractivity contribution in [2.75, 3.05) is 6.61 Å². The van der Waals surface area contributed by atoms with Gasteiger partial charge in [-0.05, 0) is 6.42 Å². The monoisotopic (exact) mass is 360 g/mol. The summed E-state index contributed by atoms with van der Waals surface area (Å²) in [5, 5.41) is 8.42. The number of hydrogen-bond donors (Lipinski definition) is 1. The van der Waals surface area contributed by atoms with E-state index in [4.69, 9.17) is 5.11 Å². The van der Waals surface area contributed by atoms with E-state index in [0.717, 1.165) is 6.42 Å². The molecule has 0 aliphatic carbocycles. The third kappa shape index (κ3) is 18.2. The van der Waals surface area contributed by atoms with E-state index >= 15 is 0 Å². The van der Waals surface area contributed by atoms with E-state index in [1.54, 1.807) is 0 Å². The molecule has 11 heavy (non-hydrogen) atoms. The molecule has 0 amide bonds. The maximum Gasteiger partial charge on any atom is 0.0431 e. The molecule has 0 saturated carbocycles. The van der Waals surface area contributed by atoms with E-state index in [-0.39, 0.29) is 33.5 Å². The summed E-state index contributed by atoms with van der Waals surface area (Å²) >= 11 is 0. The molecule has 0 atom stereocenters. The van der Waals surface area contributed by atoms with Crippen LogP contribution in [0.3, 0.4) is 0 Å². The van der Waals surface area contributed by atoms with Crippen molar-refractivity contribution >= 4 is 0 Å². The maximum absolute atomic E-state index is 8.42. The van der Waals surface area contributed by atoms with Crippen molar-refractivity contribution in [3.8, 4) is 0 Å². The Labute approximate surface area is 90.6 Å².